The second-order valence-corrected chi connectivity index (χ2v) is 9.38. The maximum Gasteiger partial charge on any atom is 0.178 e. The van der Waals surface area contributed by atoms with Crippen LogP contribution in [0.5, 0.6) is 0 Å². The molecule has 0 heterocycles. The number of ketones is 2. The van der Waals surface area contributed by atoms with E-state index in [0.717, 1.165) is 37.7 Å². The Morgan fingerprint density at radius 2 is 1.96 bits per heavy atom. The van der Waals surface area contributed by atoms with Crippen LogP contribution in [0.2, 0.25) is 0 Å². The maximum absolute atomic E-state index is 12.3. The quantitative estimate of drug-likeness (QED) is 0.793. The fourth-order valence-corrected chi connectivity index (χ4v) is 5.94. The first kappa shape index (κ1) is 19.5. The highest BCUT2D eigenvalue weighted by molar-refractivity contribution is 6.01. The lowest BCUT2D eigenvalue weighted by Crippen LogP contribution is -2.47. The van der Waals surface area contributed by atoms with Gasteiger partial charge in [0.25, 0.3) is 0 Å². The number of hydrogen-bond acceptors (Lipinski definition) is 4. The highest BCUT2D eigenvalue weighted by atomic mass is 16.3. The lowest BCUT2D eigenvalue weighted by atomic mass is 9.55. The van der Waals surface area contributed by atoms with E-state index in [2.05, 4.69) is 6.92 Å². The molecule has 144 valence electrons. The Morgan fingerprint density at radius 1 is 1.23 bits per heavy atom. The standard InChI is InChI=1S/C22H32O4/c1-21(2)12-18(25)20-14(5-4-6-17(21)19(26)13-23)7-8-15-11-16(24)9-10-22(15,20)3/h9-11,14,17-18,20,23,25H,4-8,12-13H2,1-3H3. The number of rotatable bonds is 2. The summed E-state index contributed by atoms with van der Waals surface area (Å²) in [7, 11) is 0. The number of aliphatic hydroxyl groups is 2. The van der Waals surface area contributed by atoms with Crippen molar-refractivity contribution in [2.75, 3.05) is 6.61 Å². The van der Waals surface area contributed by atoms with Crippen molar-refractivity contribution in [3.8, 4) is 0 Å². The van der Waals surface area contributed by atoms with E-state index < -0.39 is 12.7 Å². The van der Waals surface area contributed by atoms with Gasteiger partial charge in [-0.15, -0.1) is 0 Å². The van der Waals surface area contributed by atoms with E-state index in [1.807, 2.05) is 19.9 Å². The van der Waals surface area contributed by atoms with Crippen LogP contribution >= 0.6 is 0 Å². The molecule has 0 saturated heterocycles. The minimum Gasteiger partial charge on any atom is -0.393 e. The van der Waals surface area contributed by atoms with Crippen molar-refractivity contribution >= 4 is 11.6 Å². The van der Waals surface area contributed by atoms with E-state index in [4.69, 9.17) is 0 Å². The summed E-state index contributed by atoms with van der Waals surface area (Å²) in [5.74, 6) is 0.177. The van der Waals surface area contributed by atoms with Gasteiger partial charge in [-0.1, -0.05) is 45.3 Å². The molecule has 26 heavy (non-hydrogen) atoms. The molecule has 0 aliphatic heterocycles. The Morgan fingerprint density at radius 3 is 2.65 bits per heavy atom. The monoisotopic (exact) mass is 360 g/mol. The number of carbonyl (C=O) groups excluding carboxylic acids is 2. The molecule has 3 aliphatic rings. The predicted molar refractivity (Wildman–Crippen MR) is 100 cm³/mol. The number of hydrogen-bond donors (Lipinski definition) is 2. The van der Waals surface area contributed by atoms with E-state index in [1.165, 1.54) is 0 Å². The Balaban J connectivity index is 1.95. The van der Waals surface area contributed by atoms with Crippen molar-refractivity contribution in [2.45, 2.75) is 65.4 Å². The largest absolute Gasteiger partial charge is 0.393 e. The molecular formula is C22H32O4. The Labute approximate surface area is 156 Å². The Bertz CT molecular complexity index is 645. The van der Waals surface area contributed by atoms with Gasteiger partial charge in [0.15, 0.2) is 11.6 Å². The third-order valence-corrected chi connectivity index (χ3v) is 7.29. The van der Waals surface area contributed by atoms with Gasteiger partial charge in [0.1, 0.15) is 6.61 Å². The fraction of sp³-hybridized carbons (Fsp3) is 0.727. The Hall–Kier alpha value is -1.26. The topological polar surface area (TPSA) is 74.6 Å². The molecule has 2 saturated carbocycles. The van der Waals surface area contributed by atoms with Crippen LogP contribution in [-0.4, -0.2) is 34.5 Å². The van der Waals surface area contributed by atoms with E-state index in [1.54, 1.807) is 12.2 Å². The molecule has 4 heteroatoms. The summed E-state index contributed by atoms with van der Waals surface area (Å²) < 4.78 is 0. The summed E-state index contributed by atoms with van der Waals surface area (Å²) in [5.41, 5.74) is 0.498. The van der Waals surface area contributed by atoms with Gasteiger partial charge in [0.05, 0.1) is 6.10 Å². The second kappa shape index (κ2) is 7.05. The van der Waals surface area contributed by atoms with Crippen LogP contribution in [0.25, 0.3) is 0 Å². The molecule has 3 aliphatic carbocycles. The van der Waals surface area contributed by atoms with E-state index in [9.17, 15) is 19.8 Å². The third-order valence-electron chi connectivity index (χ3n) is 7.29. The summed E-state index contributed by atoms with van der Waals surface area (Å²) in [6.45, 7) is 5.81. The number of fused-ring (bicyclic) bond motifs is 3. The number of carbonyl (C=O) groups is 2. The summed E-state index contributed by atoms with van der Waals surface area (Å²) in [4.78, 5) is 24.2. The first-order valence-electron chi connectivity index (χ1n) is 9.95. The summed E-state index contributed by atoms with van der Waals surface area (Å²) in [5, 5.41) is 20.7. The van der Waals surface area contributed by atoms with Crippen LogP contribution in [-0.2, 0) is 9.59 Å². The molecule has 0 aromatic rings. The zero-order chi connectivity index (χ0) is 19.1. The van der Waals surface area contributed by atoms with Crippen molar-refractivity contribution in [1.29, 1.82) is 0 Å². The van der Waals surface area contributed by atoms with Crippen LogP contribution in [0, 0.1) is 28.6 Å². The van der Waals surface area contributed by atoms with Gasteiger partial charge in [-0.25, -0.2) is 0 Å². The molecule has 0 amide bonds. The van der Waals surface area contributed by atoms with Gasteiger partial charge >= 0.3 is 0 Å². The number of Topliss-reactive ketones (excluding diaryl/α,β-unsaturated/α-hetero) is 1. The SMILES string of the molecule is CC1(C)CC(O)C2C(CCCC1C(=O)CO)CCC1=CC(=O)C=CC12C. The first-order valence-corrected chi connectivity index (χ1v) is 9.95. The molecule has 0 bridgehead atoms. The summed E-state index contributed by atoms with van der Waals surface area (Å²) in [6, 6.07) is 0. The molecule has 5 unspecified atom stereocenters. The van der Waals surface area contributed by atoms with Crippen molar-refractivity contribution < 1.29 is 19.8 Å². The van der Waals surface area contributed by atoms with Crippen LogP contribution < -0.4 is 0 Å². The van der Waals surface area contributed by atoms with Crippen molar-refractivity contribution in [1.82, 2.24) is 0 Å². The predicted octanol–water partition coefficient (Wildman–Crippen LogP) is 3.22. The van der Waals surface area contributed by atoms with Crippen LogP contribution in [0.15, 0.2) is 23.8 Å². The van der Waals surface area contributed by atoms with Crippen LogP contribution in [0.3, 0.4) is 0 Å². The van der Waals surface area contributed by atoms with Gasteiger partial charge in [0, 0.05) is 17.3 Å². The minimum atomic E-state index is -0.534. The maximum atomic E-state index is 12.3. The van der Waals surface area contributed by atoms with E-state index >= 15 is 0 Å². The summed E-state index contributed by atoms with van der Waals surface area (Å²) >= 11 is 0. The average molecular weight is 360 g/mol. The molecule has 0 spiro atoms. The summed E-state index contributed by atoms with van der Waals surface area (Å²) in [6.07, 6.45) is 10.0. The molecule has 0 radical (unpaired) electrons. The average Bonchev–Trinajstić information content (AvgIpc) is 2.61. The van der Waals surface area contributed by atoms with E-state index in [0.29, 0.717) is 12.3 Å². The molecule has 0 aromatic carbocycles. The number of allylic oxidation sites excluding steroid dienone is 4. The van der Waals surface area contributed by atoms with Gasteiger partial charge in [-0.3, -0.25) is 9.59 Å². The fourth-order valence-electron chi connectivity index (χ4n) is 5.94. The molecule has 4 nitrogen and oxygen atoms in total. The van der Waals surface area contributed by atoms with E-state index in [-0.39, 0.29) is 34.2 Å². The van der Waals surface area contributed by atoms with Crippen LogP contribution in [0.1, 0.15) is 59.3 Å². The molecular weight excluding hydrogens is 328 g/mol. The van der Waals surface area contributed by atoms with Gasteiger partial charge < -0.3 is 10.2 Å². The zero-order valence-corrected chi connectivity index (χ0v) is 16.2. The smallest absolute Gasteiger partial charge is 0.178 e. The lowest BCUT2D eigenvalue weighted by molar-refractivity contribution is -0.130. The van der Waals surface area contributed by atoms with Crippen LogP contribution in [0.4, 0.5) is 0 Å². The lowest BCUT2D eigenvalue weighted by Gasteiger charge is -2.50. The normalized spacial score (nSPS) is 39.7. The Kier molecular flexibility index (Phi) is 5.28. The first-order chi connectivity index (χ1) is 12.2. The molecule has 2 N–H and O–H groups in total. The van der Waals surface area contributed by atoms with Gasteiger partial charge in [-0.05, 0) is 49.2 Å². The van der Waals surface area contributed by atoms with Gasteiger partial charge in [0.2, 0.25) is 0 Å². The van der Waals surface area contributed by atoms with Crippen molar-refractivity contribution in [2.24, 2.45) is 28.6 Å². The van der Waals surface area contributed by atoms with Crippen molar-refractivity contribution in [3.63, 3.8) is 0 Å². The molecule has 2 fully saturated rings. The number of aliphatic hydroxyl groups excluding tert-OH is 2. The van der Waals surface area contributed by atoms with Crippen molar-refractivity contribution in [3.05, 3.63) is 23.8 Å². The molecule has 5 atom stereocenters. The highest BCUT2D eigenvalue weighted by Gasteiger charge is 2.50. The zero-order valence-electron chi connectivity index (χ0n) is 16.2. The third kappa shape index (κ3) is 3.34. The molecule has 3 rings (SSSR count). The second-order valence-electron chi connectivity index (χ2n) is 9.38. The molecule has 0 aromatic heterocycles. The van der Waals surface area contributed by atoms with Gasteiger partial charge in [-0.2, -0.15) is 0 Å². The minimum absolute atomic E-state index is 0.0439. The highest BCUT2D eigenvalue weighted by Crippen LogP contribution is 2.55.